The minimum absolute atomic E-state index is 0.139. The summed E-state index contributed by atoms with van der Waals surface area (Å²) in [5, 5.41) is 8.76. The van der Waals surface area contributed by atoms with Crippen molar-refractivity contribution in [2.75, 3.05) is 0 Å². The number of carbonyl (C=O) groups excluding carboxylic acids is 2. The topological polar surface area (TPSA) is 80.7 Å². The maximum absolute atomic E-state index is 11.3. The van der Waals surface area contributed by atoms with E-state index < -0.39 is 17.9 Å². The van der Waals surface area contributed by atoms with Crippen molar-refractivity contribution in [3.63, 3.8) is 0 Å². The van der Waals surface area contributed by atoms with Crippen molar-refractivity contribution in [2.24, 2.45) is 0 Å². The molecule has 1 N–H and O–H groups in total. The predicted molar refractivity (Wildman–Crippen MR) is 49.5 cm³/mol. The van der Waals surface area contributed by atoms with E-state index in [0.717, 1.165) is 6.92 Å². The number of hydrogen-bond acceptors (Lipinski definition) is 4. The normalized spacial score (nSPS) is 9.40. The fourth-order valence-corrected chi connectivity index (χ4v) is 1.03. The largest absolute Gasteiger partial charge is 0.478 e. The highest BCUT2D eigenvalue weighted by atomic mass is 16.6. The Morgan fingerprint density at radius 3 is 2.13 bits per heavy atom. The molecular weight excluding hydrogens is 200 g/mol. The highest BCUT2D eigenvalue weighted by Gasteiger charge is 2.17. The van der Waals surface area contributed by atoms with Gasteiger partial charge in [0.25, 0.3) is 0 Å². The van der Waals surface area contributed by atoms with Crippen LogP contribution in [0.15, 0.2) is 24.3 Å². The molecule has 15 heavy (non-hydrogen) atoms. The maximum atomic E-state index is 11.3. The summed E-state index contributed by atoms with van der Waals surface area (Å²) in [5.41, 5.74) is -0.330. The second-order valence-electron chi connectivity index (χ2n) is 2.73. The lowest BCUT2D eigenvalue weighted by molar-refractivity contribution is -0.135. The van der Waals surface area contributed by atoms with Gasteiger partial charge in [0.2, 0.25) is 0 Å². The monoisotopic (exact) mass is 208 g/mol. The van der Waals surface area contributed by atoms with Crippen LogP contribution in [0.5, 0.6) is 0 Å². The maximum Gasteiger partial charge on any atom is 0.346 e. The molecule has 78 valence electrons. The van der Waals surface area contributed by atoms with Crippen LogP contribution in [-0.4, -0.2) is 23.0 Å². The van der Waals surface area contributed by atoms with Crippen LogP contribution in [0.1, 0.15) is 27.6 Å². The molecule has 0 fully saturated rings. The first-order valence-electron chi connectivity index (χ1n) is 4.07. The van der Waals surface area contributed by atoms with Gasteiger partial charge >= 0.3 is 17.9 Å². The number of carbonyl (C=O) groups is 3. The van der Waals surface area contributed by atoms with E-state index in [1.165, 1.54) is 24.3 Å². The number of carboxylic acids is 1. The molecule has 0 saturated carbocycles. The molecule has 1 rings (SSSR count). The molecule has 1 aromatic carbocycles. The summed E-state index contributed by atoms with van der Waals surface area (Å²) in [7, 11) is 0. The van der Waals surface area contributed by atoms with Gasteiger partial charge in [0.05, 0.1) is 11.1 Å². The van der Waals surface area contributed by atoms with E-state index in [2.05, 4.69) is 4.74 Å². The van der Waals surface area contributed by atoms with Crippen LogP contribution in [0.3, 0.4) is 0 Å². The SMILES string of the molecule is CC(=O)OC(=O)c1ccccc1C(=O)O. The van der Waals surface area contributed by atoms with Crippen molar-refractivity contribution >= 4 is 17.9 Å². The number of ether oxygens (including phenoxy) is 1. The molecule has 0 atom stereocenters. The van der Waals surface area contributed by atoms with Crippen LogP contribution in [-0.2, 0) is 9.53 Å². The number of hydrogen-bond donors (Lipinski definition) is 1. The number of carboxylic acid groups (broad SMARTS) is 1. The summed E-state index contributed by atoms with van der Waals surface area (Å²) < 4.78 is 4.29. The fourth-order valence-electron chi connectivity index (χ4n) is 1.03. The Hall–Kier alpha value is -2.17. The molecule has 0 saturated heterocycles. The highest BCUT2D eigenvalue weighted by Crippen LogP contribution is 2.10. The molecule has 5 nitrogen and oxygen atoms in total. The molecule has 0 aromatic heterocycles. The first kappa shape index (κ1) is 10.9. The second-order valence-corrected chi connectivity index (χ2v) is 2.73. The van der Waals surface area contributed by atoms with Crippen LogP contribution in [0.4, 0.5) is 0 Å². The van der Waals surface area contributed by atoms with Crippen molar-refractivity contribution in [3.05, 3.63) is 35.4 Å². The Balaban J connectivity index is 3.08. The number of esters is 2. The van der Waals surface area contributed by atoms with E-state index in [1.54, 1.807) is 0 Å². The summed E-state index contributed by atoms with van der Waals surface area (Å²) in [6, 6.07) is 5.52. The molecule has 5 heteroatoms. The Labute approximate surface area is 85.3 Å². The number of rotatable bonds is 2. The zero-order chi connectivity index (χ0) is 11.4. The molecule has 0 aliphatic rings. The quantitative estimate of drug-likeness (QED) is 0.581. The number of aromatic carboxylic acids is 1. The van der Waals surface area contributed by atoms with E-state index in [-0.39, 0.29) is 11.1 Å². The molecule has 0 bridgehead atoms. The minimum Gasteiger partial charge on any atom is -0.478 e. The Morgan fingerprint density at radius 1 is 1.13 bits per heavy atom. The van der Waals surface area contributed by atoms with Gasteiger partial charge in [-0.3, -0.25) is 4.79 Å². The first-order chi connectivity index (χ1) is 7.02. The van der Waals surface area contributed by atoms with Crippen molar-refractivity contribution in [1.82, 2.24) is 0 Å². The molecule has 0 spiro atoms. The fraction of sp³-hybridized carbons (Fsp3) is 0.100. The average Bonchev–Trinajstić information content (AvgIpc) is 2.16. The minimum atomic E-state index is -1.24. The van der Waals surface area contributed by atoms with Crippen LogP contribution in [0.2, 0.25) is 0 Å². The van der Waals surface area contributed by atoms with Crippen LogP contribution in [0.25, 0.3) is 0 Å². The van der Waals surface area contributed by atoms with E-state index in [9.17, 15) is 14.4 Å². The molecule has 0 aliphatic carbocycles. The molecule has 0 heterocycles. The summed E-state index contributed by atoms with van der Waals surface area (Å²) in [6.07, 6.45) is 0. The smallest absolute Gasteiger partial charge is 0.346 e. The van der Waals surface area contributed by atoms with Gasteiger partial charge < -0.3 is 9.84 Å². The van der Waals surface area contributed by atoms with Gasteiger partial charge in [-0.15, -0.1) is 0 Å². The van der Waals surface area contributed by atoms with Crippen molar-refractivity contribution in [3.8, 4) is 0 Å². The lowest BCUT2D eigenvalue weighted by Gasteiger charge is -2.03. The van der Waals surface area contributed by atoms with Gasteiger partial charge in [0, 0.05) is 6.92 Å². The predicted octanol–water partition coefficient (Wildman–Crippen LogP) is 1.09. The zero-order valence-electron chi connectivity index (χ0n) is 7.89. The van der Waals surface area contributed by atoms with Gasteiger partial charge in [0.15, 0.2) is 0 Å². The summed E-state index contributed by atoms with van der Waals surface area (Å²) in [5.74, 6) is -2.98. The van der Waals surface area contributed by atoms with E-state index in [0.29, 0.717) is 0 Å². The lowest BCUT2D eigenvalue weighted by atomic mass is 10.1. The third-order valence-electron chi connectivity index (χ3n) is 1.61. The van der Waals surface area contributed by atoms with E-state index in [4.69, 9.17) is 5.11 Å². The molecule has 0 amide bonds. The van der Waals surface area contributed by atoms with E-state index in [1.807, 2.05) is 0 Å². The Bertz CT molecular complexity index is 422. The first-order valence-corrected chi connectivity index (χ1v) is 4.07. The molecule has 0 radical (unpaired) electrons. The Morgan fingerprint density at radius 2 is 1.67 bits per heavy atom. The summed E-state index contributed by atoms with van der Waals surface area (Å²) in [6.45, 7) is 1.07. The second kappa shape index (κ2) is 4.36. The zero-order valence-corrected chi connectivity index (χ0v) is 7.89. The number of benzene rings is 1. The van der Waals surface area contributed by atoms with Crippen LogP contribution in [0, 0.1) is 0 Å². The van der Waals surface area contributed by atoms with Crippen LogP contribution >= 0.6 is 0 Å². The summed E-state index contributed by atoms with van der Waals surface area (Å²) >= 11 is 0. The third-order valence-corrected chi connectivity index (χ3v) is 1.61. The van der Waals surface area contributed by atoms with Crippen molar-refractivity contribution in [1.29, 1.82) is 0 Å². The van der Waals surface area contributed by atoms with Crippen molar-refractivity contribution in [2.45, 2.75) is 6.92 Å². The molecule has 0 aliphatic heterocycles. The van der Waals surface area contributed by atoms with Crippen LogP contribution < -0.4 is 0 Å². The third kappa shape index (κ3) is 2.63. The summed E-state index contributed by atoms with van der Waals surface area (Å²) in [4.78, 5) is 32.5. The van der Waals surface area contributed by atoms with Gasteiger partial charge in [-0.2, -0.15) is 0 Å². The van der Waals surface area contributed by atoms with Gasteiger partial charge in [0.1, 0.15) is 0 Å². The molecule has 1 aromatic rings. The molecule has 0 unspecified atom stereocenters. The van der Waals surface area contributed by atoms with Gasteiger partial charge in [-0.1, -0.05) is 12.1 Å². The van der Waals surface area contributed by atoms with E-state index >= 15 is 0 Å². The highest BCUT2D eigenvalue weighted by molar-refractivity contribution is 6.05. The lowest BCUT2D eigenvalue weighted by Crippen LogP contribution is -2.13. The van der Waals surface area contributed by atoms with Crippen molar-refractivity contribution < 1.29 is 24.2 Å². The Kier molecular flexibility index (Phi) is 3.17. The van der Waals surface area contributed by atoms with Gasteiger partial charge in [-0.05, 0) is 12.1 Å². The average molecular weight is 208 g/mol. The molecular formula is C10H8O5. The van der Waals surface area contributed by atoms with Gasteiger partial charge in [-0.25, -0.2) is 9.59 Å². The standard InChI is InChI=1S/C10H8O5/c1-6(11)15-10(14)8-5-3-2-4-7(8)9(12)13/h2-5H,1H3,(H,12,13).